The molecular weight excluding hydrogens is 467 g/mol. The van der Waals surface area contributed by atoms with Gasteiger partial charge in [0.15, 0.2) is 0 Å². The average Bonchev–Trinajstić information content (AvgIpc) is 2.82. The second-order valence-corrected chi connectivity index (χ2v) is 11.2. The lowest BCUT2D eigenvalue weighted by Crippen LogP contribution is -2.41. The largest absolute Gasteiger partial charge is 0.497 e. The van der Waals surface area contributed by atoms with Gasteiger partial charge in [-0.2, -0.15) is 0 Å². The first-order chi connectivity index (χ1) is 16.4. The van der Waals surface area contributed by atoms with Gasteiger partial charge in [-0.25, -0.2) is 12.8 Å². The van der Waals surface area contributed by atoms with Gasteiger partial charge in [-0.05, 0) is 72.0 Å². The van der Waals surface area contributed by atoms with Crippen LogP contribution in [0.15, 0.2) is 77.7 Å². The fourth-order valence-corrected chi connectivity index (χ4v) is 4.99. The zero-order chi connectivity index (χ0) is 25.8. The van der Waals surface area contributed by atoms with Crippen LogP contribution in [-0.2, 0) is 20.2 Å². The van der Waals surface area contributed by atoms with Gasteiger partial charge in [-0.3, -0.25) is 9.10 Å². The van der Waals surface area contributed by atoms with Gasteiger partial charge in [-0.15, -0.1) is 0 Å². The molecule has 0 aliphatic rings. The Morgan fingerprint density at radius 3 is 2.06 bits per heavy atom. The van der Waals surface area contributed by atoms with Crippen molar-refractivity contribution < 1.29 is 22.3 Å². The van der Waals surface area contributed by atoms with E-state index in [2.05, 4.69) is 26.1 Å². The number of hydrogen-bond acceptors (Lipinski definition) is 4. The molecule has 0 radical (unpaired) electrons. The number of carbonyl (C=O) groups excluding carboxylic acids is 1. The zero-order valence-corrected chi connectivity index (χ0v) is 21.4. The number of benzene rings is 3. The Labute approximate surface area is 206 Å². The number of nitrogens with one attached hydrogen (secondary N) is 1. The minimum Gasteiger partial charge on any atom is -0.497 e. The van der Waals surface area contributed by atoms with Crippen LogP contribution >= 0.6 is 0 Å². The Bertz CT molecular complexity index is 1250. The third-order valence-corrected chi connectivity index (χ3v) is 7.49. The number of halogens is 1. The molecule has 0 aliphatic heterocycles. The molecule has 0 spiro atoms. The summed E-state index contributed by atoms with van der Waals surface area (Å²) in [5.74, 6) is -0.493. The summed E-state index contributed by atoms with van der Waals surface area (Å²) in [6, 6.07) is 18.5. The summed E-state index contributed by atoms with van der Waals surface area (Å²) in [6.07, 6.45) is 0. The lowest BCUT2D eigenvalue weighted by atomic mass is 9.86. The van der Waals surface area contributed by atoms with E-state index >= 15 is 0 Å². The fraction of sp³-hybridized carbons (Fsp3) is 0.296. The Kier molecular flexibility index (Phi) is 7.85. The van der Waals surface area contributed by atoms with Crippen molar-refractivity contribution >= 4 is 21.6 Å². The number of methoxy groups -OCH3 is 1. The van der Waals surface area contributed by atoms with Gasteiger partial charge < -0.3 is 10.1 Å². The number of ether oxygens (including phenoxy) is 1. The maximum Gasteiger partial charge on any atom is 0.264 e. The van der Waals surface area contributed by atoms with Crippen molar-refractivity contribution in [2.24, 2.45) is 0 Å². The third-order valence-electron chi connectivity index (χ3n) is 5.70. The quantitative estimate of drug-likeness (QED) is 0.463. The highest BCUT2D eigenvalue weighted by Gasteiger charge is 2.28. The Morgan fingerprint density at radius 1 is 0.971 bits per heavy atom. The molecule has 0 aromatic heterocycles. The molecule has 0 unspecified atom stereocenters. The van der Waals surface area contributed by atoms with Gasteiger partial charge in [0.2, 0.25) is 5.91 Å². The van der Waals surface area contributed by atoms with Gasteiger partial charge in [0.25, 0.3) is 10.0 Å². The molecule has 6 nitrogen and oxygen atoms in total. The van der Waals surface area contributed by atoms with E-state index in [1.165, 1.54) is 49.1 Å². The average molecular weight is 499 g/mol. The minimum atomic E-state index is -4.11. The van der Waals surface area contributed by atoms with Crippen LogP contribution in [0.3, 0.4) is 0 Å². The van der Waals surface area contributed by atoms with E-state index in [4.69, 9.17) is 4.74 Å². The van der Waals surface area contributed by atoms with Crippen molar-refractivity contribution in [3.8, 4) is 5.75 Å². The molecule has 3 aromatic rings. The maximum atomic E-state index is 13.5. The summed E-state index contributed by atoms with van der Waals surface area (Å²) in [5.41, 5.74) is 2.27. The summed E-state index contributed by atoms with van der Waals surface area (Å²) < 4.78 is 46.5. The molecule has 8 heteroatoms. The lowest BCUT2D eigenvalue weighted by Gasteiger charge is -2.25. The van der Waals surface area contributed by atoms with Crippen molar-refractivity contribution in [2.45, 2.75) is 44.0 Å². The van der Waals surface area contributed by atoms with E-state index in [0.29, 0.717) is 5.75 Å². The number of sulfonamides is 1. The molecule has 0 bridgehead atoms. The Morgan fingerprint density at radius 2 is 1.54 bits per heavy atom. The summed E-state index contributed by atoms with van der Waals surface area (Å²) in [7, 11) is -2.63. The SMILES string of the molecule is COc1ccc(S(=O)(=O)N(CC(=O)N[C@@H](C)c2ccc(C(C)(C)C)cc2)c2ccc(F)cc2)cc1. The van der Waals surface area contributed by atoms with E-state index in [-0.39, 0.29) is 22.0 Å². The molecule has 0 fully saturated rings. The molecule has 186 valence electrons. The first-order valence-corrected chi connectivity index (χ1v) is 12.7. The van der Waals surface area contributed by atoms with E-state index in [1.807, 2.05) is 31.2 Å². The highest BCUT2D eigenvalue weighted by molar-refractivity contribution is 7.92. The number of hydrogen-bond donors (Lipinski definition) is 1. The number of carbonyl (C=O) groups is 1. The molecule has 1 N–H and O–H groups in total. The van der Waals surface area contributed by atoms with Crippen LogP contribution in [0, 0.1) is 5.82 Å². The standard InChI is InChI=1S/C27H31FN2O4S/c1-19(20-6-8-21(9-7-20)27(2,3)4)29-26(31)18-30(23-12-10-22(28)11-13-23)35(32,33)25-16-14-24(34-5)15-17-25/h6-17,19H,18H2,1-5H3,(H,29,31)/t19-/m0/s1. The van der Waals surface area contributed by atoms with Crippen LogP contribution in [0.1, 0.15) is 44.9 Å². The Balaban J connectivity index is 1.84. The second kappa shape index (κ2) is 10.5. The van der Waals surface area contributed by atoms with E-state index in [0.717, 1.165) is 22.0 Å². The highest BCUT2D eigenvalue weighted by Crippen LogP contribution is 2.26. The smallest absolute Gasteiger partial charge is 0.264 e. The molecular formula is C27H31FN2O4S. The monoisotopic (exact) mass is 498 g/mol. The fourth-order valence-electron chi connectivity index (χ4n) is 3.57. The van der Waals surface area contributed by atoms with Crippen LogP contribution in [-0.4, -0.2) is 28.0 Å². The van der Waals surface area contributed by atoms with Gasteiger partial charge >= 0.3 is 0 Å². The highest BCUT2D eigenvalue weighted by atomic mass is 32.2. The molecule has 0 saturated heterocycles. The van der Waals surface area contributed by atoms with Crippen LogP contribution < -0.4 is 14.4 Å². The topological polar surface area (TPSA) is 75.7 Å². The van der Waals surface area contributed by atoms with Crippen molar-refractivity contribution in [3.63, 3.8) is 0 Å². The molecule has 0 aliphatic carbocycles. The number of anilines is 1. The van der Waals surface area contributed by atoms with Gasteiger partial charge in [-0.1, -0.05) is 45.0 Å². The maximum absolute atomic E-state index is 13.5. The number of rotatable bonds is 8. The first kappa shape index (κ1) is 26.2. The predicted octanol–water partition coefficient (Wildman–Crippen LogP) is 5.20. The zero-order valence-electron chi connectivity index (χ0n) is 20.6. The molecule has 1 amide bonds. The second-order valence-electron chi connectivity index (χ2n) is 9.32. The van der Waals surface area contributed by atoms with E-state index < -0.39 is 28.3 Å². The molecule has 3 aromatic carbocycles. The number of nitrogens with zero attached hydrogens (tertiary/aromatic N) is 1. The van der Waals surface area contributed by atoms with Crippen LogP contribution in [0.5, 0.6) is 5.75 Å². The van der Waals surface area contributed by atoms with E-state index in [1.54, 1.807) is 0 Å². The van der Waals surface area contributed by atoms with Gasteiger partial charge in [0, 0.05) is 0 Å². The summed E-state index contributed by atoms with van der Waals surface area (Å²) in [5, 5.41) is 2.87. The minimum absolute atomic E-state index is 0.0104. The third kappa shape index (κ3) is 6.39. The van der Waals surface area contributed by atoms with E-state index in [9.17, 15) is 17.6 Å². The first-order valence-electron chi connectivity index (χ1n) is 11.2. The van der Waals surface area contributed by atoms with Crippen molar-refractivity contribution in [2.75, 3.05) is 18.0 Å². The number of amides is 1. The van der Waals surface area contributed by atoms with Crippen LogP contribution in [0.2, 0.25) is 0 Å². The Hall–Kier alpha value is -3.39. The van der Waals surface area contributed by atoms with Gasteiger partial charge in [0.1, 0.15) is 18.1 Å². The molecule has 0 saturated carbocycles. The summed E-state index contributed by atoms with van der Waals surface area (Å²) >= 11 is 0. The molecule has 1 atom stereocenters. The van der Waals surface area contributed by atoms with Crippen LogP contribution in [0.25, 0.3) is 0 Å². The van der Waals surface area contributed by atoms with Crippen molar-refractivity contribution in [1.29, 1.82) is 0 Å². The van der Waals surface area contributed by atoms with Gasteiger partial charge in [0.05, 0.1) is 23.7 Å². The molecule has 35 heavy (non-hydrogen) atoms. The molecule has 0 heterocycles. The summed E-state index contributed by atoms with van der Waals surface area (Å²) in [4.78, 5) is 13.0. The molecule has 3 rings (SSSR count). The van der Waals surface area contributed by atoms with Crippen molar-refractivity contribution in [3.05, 3.63) is 89.7 Å². The van der Waals surface area contributed by atoms with Crippen LogP contribution in [0.4, 0.5) is 10.1 Å². The lowest BCUT2D eigenvalue weighted by molar-refractivity contribution is -0.120. The van der Waals surface area contributed by atoms with Crippen molar-refractivity contribution in [1.82, 2.24) is 5.32 Å². The normalized spacial score (nSPS) is 12.6. The predicted molar refractivity (Wildman–Crippen MR) is 136 cm³/mol. The summed E-state index contributed by atoms with van der Waals surface area (Å²) in [6.45, 7) is 7.75.